The topological polar surface area (TPSA) is 25.4 Å². The highest BCUT2D eigenvalue weighted by Gasteiger charge is 2.23. The third kappa shape index (κ3) is 2.60. The first-order valence-electron chi connectivity index (χ1n) is 5.95. The van der Waals surface area contributed by atoms with E-state index in [0.29, 0.717) is 6.04 Å². The summed E-state index contributed by atoms with van der Waals surface area (Å²) in [5.74, 6) is 0. The lowest BCUT2D eigenvalue weighted by Gasteiger charge is -2.35. The maximum atomic E-state index is 5.83. The van der Waals surface area contributed by atoms with Crippen molar-refractivity contribution in [1.29, 1.82) is 0 Å². The average Bonchev–Trinajstić information content (AvgIpc) is 2.29. The van der Waals surface area contributed by atoms with Crippen molar-refractivity contribution in [3.05, 3.63) is 29.6 Å². The molecule has 2 heterocycles. The van der Waals surface area contributed by atoms with Gasteiger partial charge in [-0.25, -0.2) is 0 Å². The molecule has 1 aromatic rings. The van der Waals surface area contributed by atoms with Crippen LogP contribution in [-0.4, -0.2) is 35.6 Å². The van der Waals surface area contributed by atoms with Crippen LogP contribution in [-0.2, 0) is 4.74 Å². The predicted molar refractivity (Wildman–Crippen MR) is 64.4 cm³/mol. The van der Waals surface area contributed by atoms with E-state index >= 15 is 0 Å². The Morgan fingerprint density at radius 3 is 3.00 bits per heavy atom. The van der Waals surface area contributed by atoms with Gasteiger partial charge in [-0.1, -0.05) is 0 Å². The number of nitrogens with zero attached hydrogens (tertiary/aromatic N) is 2. The van der Waals surface area contributed by atoms with Gasteiger partial charge in [-0.15, -0.1) is 0 Å². The van der Waals surface area contributed by atoms with E-state index < -0.39 is 0 Å². The number of aryl methyl sites for hydroxylation is 1. The van der Waals surface area contributed by atoms with E-state index in [-0.39, 0.29) is 6.10 Å². The van der Waals surface area contributed by atoms with Crippen LogP contribution in [0.3, 0.4) is 0 Å². The summed E-state index contributed by atoms with van der Waals surface area (Å²) in [7, 11) is 0. The molecule has 1 aromatic heterocycles. The van der Waals surface area contributed by atoms with Crippen LogP contribution in [0.1, 0.15) is 31.2 Å². The molecule has 1 fully saturated rings. The van der Waals surface area contributed by atoms with Crippen LogP contribution in [0.5, 0.6) is 0 Å². The van der Waals surface area contributed by atoms with Gasteiger partial charge < -0.3 is 4.74 Å². The lowest BCUT2D eigenvalue weighted by Crippen LogP contribution is -2.42. The third-order valence-corrected chi connectivity index (χ3v) is 3.12. The highest BCUT2D eigenvalue weighted by molar-refractivity contribution is 5.19. The number of ether oxygens (including phenoxy) is 1. The molecular weight excluding hydrogens is 200 g/mol. The van der Waals surface area contributed by atoms with E-state index in [1.165, 1.54) is 5.56 Å². The van der Waals surface area contributed by atoms with Crippen molar-refractivity contribution in [3.63, 3.8) is 0 Å². The van der Waals surface area contributed by atoms with E-state index in [1.807, 2.05) is 13.1 Å². The average molecular weight is 220 g/mol. The van der Waals surface area contributed by atoms with E-state index in [2.05, 4.69) is 35.9 Å². The first kappa shape index (κ1) is 11.6. The normalized spacial score (nSPS) is 22.6. The van der Waals surface area contributed by atoms with Gasteiger partial charge in [0.1, 0.15) is 0 Å². The number of pyridine rings is 1. The van der Waals surface area contributed by atoms with E-state index in [4.69, 9.17) is 4.74 Å². The molecule has 3 heteroatoms. The molecule has 0 N–H and O–H groups in total. The molecule has 88 valence electrons. The SMILES string of the molecule is Cc1cc(C2CN(C(C)C)CCO2)ccn1. The minimum absolute atomic E-state index is 0.206. The third-order valence-electron chi connectivity index (χ3n) is 3.12. The van der Waals surface area contributed by atoms with Crippen molar-refractivity contribution in [1.82, 2.24) is 9.88 Å². The second-order valence-corrected chi connectivity index (χ2v) is 4.68. The summed E-state index contributed by atoms with van der Waals surface area (Å²) < 4.78 is 5.83. The predicted octanol–water partition coefficient (Wildman–Crippen LogP) is 2.17. The van der Waals surface area contributed by atoms with Crippen LogP contribution < -0.4 is 0 Å². The molecule has 16 heavy (non-hydrogen) atoms. The highest BCUT2D eigenvalue weighted by atomic mass is 16.5. The van der Waals surface area contributed by atoms with E-state index in [0.717, 1.165) is 25.4 Å². The first-order chi connectivity index (χ1) is 7.66. The van der Waals surface area contributed by atoms with Gasteiger partial charge in [0.15, 0.2) is 0 Å². The van der Waals surface area contributed by atoms with E-state index in [1.54, 1.807) is 0 Å². The van der Waals surface area contributed by atoms with Gasteiger partial charge in [-0.05, 0) is 38.5 Å². The van der Waals surface area contributed by atoms with Crippen molar-refractivity contribution in [3.8, 4) is 0 Å². The van der Waals surface area contributed by atoms with Crippen LogP contribution in [0, 0.1) is 6.92 Å². The number of rotatable bonds is 2. The van der Waals surface area contributed by atoms with Crippen molar-refractivity contribution >= 4 is 0 Å². The van der Waals surface area contributed by atoms with Gasteiger partial charge in [0.05, 0.1) is 12.7 Å². The summed E-state index contributed by atoms with van der Waals surface area (Å²) in [6.45, 7) is 9.34. The zero-order chi connectivity index (χ0) is 11.5. The fraction of sp³-hybridized carbons (Fsp3) is 0.615. The molecule has 0 radical (unpaired) electrons. The Morgan fingerprint density at radius 2 is 2.31 bits per heavy atom. The molecule has 0 saturated carbocycles. The van der Waals surface area contributed by atoms with Crippen LogP contribution in [0.15, 0.2) is 18.3 Å². The summed E-state index contributed by atoms with van der Waals surface area (Å²) in [5.41, 5.74) is 2.31. The Kier molecular flexibility index (Phi) is 3.56. The monoisotopic (exact) mass is 220 g/mol. The Hall–Kier alpha value is -0.930. The Bertz CT molecular complexity index is 352. The minimum Gasteiger partial charge on any atom is -0.371 e. The van der Waals surface area contributed by atoms with Crippen molar-refractivity contribution in [2.24, 2.45) is 0 Å². The quantitative estimate of drug-likeness (QED) is 0.764. The summed E-state index contributed by atoms with van der Waals surface area (Å²) >= 11 is 0. The van der Waals surface area contributed by atoms with Crippen molar-refractivity contribution in [2.75, 3.05) is 19.7 Å². The molecule has 3 nitrogen and oxygen atoms in total. The zero-order valence-electron chi connectivity index (χ0n) is 10.3. The summed E-state index contributed by atoms with van der Waals surface area (Å²) in [5, 5.41) is 0. The lowest BCUT2D eigenvalue weighted by molar-refractivity contribution is -0.0402. The molecule has 0 spiro atoms. The van der Waals surface area contributed by atoms with Crippen LogP contribution in [0.4, 0.5) is 0 Å². The molecule has 1 saturated heterocycles. The summed E-state index contributed by atoms with van der Waals surface area (Å²) in [6, 6.07) is 4.77. The Morgan fingerprint density at radius 1 is 1.50 bits per heavy atom. The molecule has 1 atom stereocenters. The standard InChI is InChI=1S/C13H20N2O/c1-10(2)15-6-7-16-13(9-15)12-4-5-14-11(3)8-12/h4-5,8,10,13H,6-7,9H2,1-3H3. The fourth-order valence-electron chi connectivity index (χ4n) is 2.11. The van der Waals surface area contributed by atoms with Gasteiger partial charge in [0, 0.05) is 31.0 Å². The maximum absolute atomic E-state index is 5.83. The minimum atomic E-state index is 0.206. The molecule has 0 aromatic carbocycles. The number of hydrogen-bond acceptors (Lipinski definition) is 3. The van der Waals surface area contributed by atoms with Gasteiger partial charge in [-0.2, -0.15) is 0 Å². The zero-order valence-corrected chi connectivity index (χ0v) is 10.3. The molecule has 1 aliphatic heterocycles. The maximum Gasteiger partial charge on any atom is 0.0953 e. The molecule has 1 aliphatic rings. The largest absolute Gasteiger partial charge is 0.371 e. The molecule has 0 aliphatic carbocycles. The van der Waals surface area contributed by atoms with Gasteiger partial charge in [0.2, 0.25) is 0 Å². The van der Waals surface area contributed by atoms with Gasteiger partial charge in [-0.3, -0.25) is 9.88 Å². The van der Waals surface area contributed by atoms with E-state index in [9.17, 15) is 0 Å². The van der Waals surface area contributed by atoms with Crippen LogP contribution in [0.25, 0.3) is 0 Å². The lowest BCUT2D eigenvalue weighted by atomic mass is 10.1. The fourth-order valence-corrected chi connectivity index (χ4v) is 2.11. The Labute approximate surface area is 97.4 Å². The van der Waals surface area contributed by atoms with Gasteiger partial charge >= 0.3 is 0 Å². The van der Waals surface area contributed by atoms with Gasteiger partial charge in [0.25, 0.3) is 0 Å². The summed E-state index contributed by atoms with van der Waals surface area (Å²) in [4.78, 5) is 6.68. The number of aromatic nitrogens is 1. The van der Waals surface area contributed by atoms with Crippen molar-refractivity contribution < 1.29 is 4.74 Å². The Balaban J connectivity index is 2.09. The molecular formula is C13H20N2O. The molecule has 1 unspecified atom stereocenters. The van der Waals surface area contributed by atoms with Crippen LogP contribution in [0.2, 0.25) is 0 Å². The first-order valence-corrected chi connectivity index (χ1v) is 5.95. The number of morpholine rings is 1. The van der Waals surface area contributed by atoms with Crippen molar-refractivity contribution in [2.45, 2.75) is 32.9 Å². The van der Waals surface area contributed by atoms with Crippen LogP contribution >= 0.6 is 0 Å². The smallest absolute Gasteiger partial charge is 0.0953 e. The summed E-state index contributed by atoms with van der Waals surface area (Å²) in [6.07, 6.45) is 2.07. The number of hydrogen-bond donors (Lipinski definition) is 0. The highest BCUT2D eigenvalue weighted by Crippen LogP contribution is 2.23. The molecule has 0 amide bonds. The second-order valence-electron chi connectivity index (χ2n) is 4.68. The second kappa shape index (κ2) is 4.93. The molecule has 2 rings (SSSR count). The molecule has 0 bridgehead atoms.